The summed E-state index contributed by atoms with van der Waals surface area (Å²) < 4.78 is 0. The lowest BCUT2D eigenvalue weighted by Gasteiger charge is -2.38. The third-order valence-electron chi connectivity index (χ3n) is 3.92. The Morgan fingerprint density at radius 1 is 1.36 bits per heavy atom. The van der Waals surface area contributed by atoms with Gasteiger partial charge in [0.25, 0.3) is 0 Å². The van der Waals surface area contributed by atoms with Crippen molar-refractivity contribution in [1.82, 2.24) is 15.1 Å². The van der Waals surface area contributed by atoms with Crippen LogP contribution in [-0.4, -0.2) is 52.5 Å². The number of aliphatic carboxylic acids is 1. The van der Waals surface area contributed by atoms with Gasteiger partial charge in [-0.2, -0.15) is 0 Å². The van der Waals surface area contributed by atoms with Gasteiger partial charge in [-0.3, -0.25) is 9.69 Å². The number of hydrogen-bond donors (Lipinski definition) is 2. The van der Waals surface area contributed by atoms with Crippen LogP contribution in [0.4, 0.5) is 0 Å². The first-order chi connectivity index (χ1) is 11.7. The number of amides is 1. The van der Waals surface area contributed by atoms with E-state index in [0.717, 1.165) is 0 Å². The Morgan fingerprint density at radius 2 is 2.00 bits per heavy atom. The molecule has 0 bridgehead atoms. The molecule has 8 heteroatoms. The van der Waals surface area contributed by atoms with E-state index in [1.165, 1.54) is 4.90 Å². The molecule has 0 aromatic heterocycles. The fourth-order valence-electron chi connectivity index (χ4n) is 2.71. The number of nitrogens with one attached hydrogen (secondary N) is 1. The van der Waals surface area contributed by atoms with Crippen LogP contribution in [0.3, 0.4) is 0 Å². The monoisotopic (exact) mass is 381 g/mol. The van der Waals surface area contributed by atoms with Crippen LogP contribution in [0, 0.1) is 0 Å². The van der Waals surface area contributed by atoms with E-state index < -0.39 is 12.0 Å². The number of benzene rings is 1. The third kappa shape index (κ3) is 4.18. The summed E-state index contributed by atoms with van der Waals surface area (Å²) in [6.45, 7) is 2.15. The van der Waals surface area contributed by atoms with Crippen molar-refractivity contribution in [3.05, 3.63) is 46.1 Å². The molecule has 1 atom stereocenters. The maximum Gasteiger partial charge on any atom is 0.335 e. The van der Waals surface area contributed by atoms with Gasteiger partial charge >= 0.3 is 5.97 Å². The molecule has 0 saturated heterocycles. The highest BCUT2D eigenvalue weighted by Gasteiger charge is 2.40. The summed E-state index contributed by atoms with van der Waals surface area (Å²) in [6, 6.07) is 6.02. The van der Waals surface area contributed by atoms with Crippen LogP contribution >= 0.6 is 23.8 Å². The molecule has 1 unspecified atom stereocenters. The standard InChI is InChI=1S/C17H20ClN3O3S/c1-10-14(16(23)24)15(11-6-4-5-7-12(11)18)21(17(25)19-10)13(22)8-9-20(2)3/h4-7,15H,8-9H2,1-3H3,(H,19,25)(H,23,24). The largest absolute Gasteiger partial charge is 0.478 e. The Labute approximate surface area is 157 Å². The molecule has 0 spiro atoms. The minimum atomic E-state index is -1.12. The van der Waals surface area contributed by atoms with Crippen LogP contribution in [-0.2, 0) is 9.59 Å². The Hall–Kier alpha value is -1.96. The lowest BCUT2D eigenvalue weighted by Crippen LogP contribution is -2.51. The molecule has 1 aromatic carbocycles. The molecular formula is C17H20ClN3O3S. The predicted molar refractivity (Wildman–Crippen MR) is 100 cm³/mol. The number of allylic oxidation sites excluding steroid dienone is 1. The van der Waals surface area contributed by atoms with E-state index in [0.29, 0.717) is 22.8 Å². The summed E-state index contributed by atoms with van der Waals surface area (Å²) in [6.07, 6.45) is 0.210. The third-order valence-corrected chi connectivity index (χ3v) is 4.56. The predicted octanol–water partition coefficient (Wildman–Crippen LogP) is 2.41. The van der Waals surface area contributed by atoms with Gasteiger partial charge in [-0.25, -0.2) is 4.79 Å². The van der Waals surface area contributed by atoms with Gasteiger partial charge in [-0.1, -0.05) is 29.8 Å². The summed E-state index contributed by atoms with van der Waals surface area (Å²) in [7, 11) is 3.72. The van der Waals surface area contributed by atoms with E-state index in [1.807, 2.05) is 19.0 Å². The minimum Gasteiger partial charge on any atom is -0.478 e. The van der Waals surface area contributed by atoms with E-state index >= 15 is 0 Å². The second kappa shape index (κ2) is 7.95. The van der Waals surface area contributed by atoms with Crippen molar-refractivity contribution in [1.29, 1.82) is 0 Å². The average Bonchev–Trinajstić information content (AvgIpc) is 2.52. The Balaban J connectivity index is 2.55. The summed E-state index contributed by atoms with van der Waals surface area (Å²) in [5.74, 6) is -1.38. The van der Waals surface area contributed by atoms with Gasteiger partial charge in [0.2, 0.25) is 5.91 Å². The molecule has 1 amide bonds. The number of carboxylic acid groups (broad SMARTS) is 1. The molecule has 1 aliphatic rings. The van der Waals surface area contributed by atoms with E-state index in [9.17, 15) is 14.7 Å². The molecule has 0 fully saturated rings. The van der Waals surface area contributed by atoms with Crippen molar-refractivity contribution < 1.29 is 14.7 Å². The summed E-state index contributed by atoms with van der Waals surface area (Å²) in [4.78, 5) is 27.9. The van der Waals surface area contributed by atoms with E-state index in [4.69, 9.17) is 23.8 Å². The van der Waals surface area contributed by atoms with Crippen molar-refractivity contribution in [2.45, 2.75) is 19.4 Å². The molecular weight excluding hydrogens is 362 g/mol. The van der Waals surface area contributed by atoms with Crippen LogP contribution in [0.1, 0.15) is 24.9 Å². The first kappa shape index (κ1) is 19.4. The zero-order valence-electron chi connectivity index (χ0n) is 14.2. The van der Waals surface area contributed by atoms with Crippen molar-refractivity contribution >= 4 is 40.8 Å². The molecule has 6 nitrogen and oxygen atoms in total. The number of carbonyl (C=O) groups is 2. The molecule has 2 rings (SSSR count). The van der Waals surface area contributed by atoms with Gasteiger partial charge in [-0.15, -0.1) is 0 Å². The zero-order valence-corrected chi connectivity index (χ0v) is 15.8. The van der Waals surface area contributed by atoms with Crippen LogP contribution in [0.5, 0.6) is 0 Å². The van der Waals surface area contributed by atoms with Gasteiger partial charge in [0, 0.05) is 23.7 Å². The van der Waals surface area contributed by atoms with Crippen molar-refractivity contribution in [2.24, 2.45) is 0 Å². The highest BCUT2D eigenvalue weighted by Crippen LogP contribution is 2.37. The van der Waals surface area contributed by atoms with Gasteiger partial charge < -0.3 is 15.3 Å². The minimum absolute atomic E-state index is 0.0555. The van der Waals surface area contributed by atoms with Crippen molar-refractivity contribution in [3.8, 4) is 0 Å². The fourth-order valence-corrected chi connectivity index (χ4v) is 3.30. The Morgan fingerprint density at radius 3 is 2.56 bits per heavy atom. The molecule has 1 heterocycles. The molecule has 0 saturated carbocycles. The molecule has 25 heavy (non-hydrogen) atoms. The number of halogens is 1. The number of rotatable bonds is 5. The van der Waals surface area contributed by atoms with E-state index in [2.05, 4.69) is 5.32 Å². The molecule has 2 N–H and O–H groups in total. The van der Waals surface area contributed by atoms with Crippen LogP contribution in [0.15, 0.2) is 35.5 Å². The smallest absolute Gasteiger partial charge is 0.335 e. The SMILES string of the molecule is CC1=C(C(=O)O)C(c2ccccc2Cl)N(C(=O)CCN(C)C)C(=S)N1. The number of carboxylic acids is 1. The topological polar surface area (TPSA) is 72.9 Å². The fraction of sp³-hybridized carbons (Fsp3) is 0.353. The highest BCUT2D eigenvalue weighted by molar-refractivity contribution is 7.80. The van der Waals surface area contributed by atoms with Gasteiger partial charge in [-0.05, 0) is 44.9 Å². The number of hydrogen-bond acceptors (Lipinski definition) is 4. The normalized spacial score (nSPS) is 17.7. The molecule has 134 valence electrons. The van der Waals surface area contributed by atoms with Gasteiger partial charge in [0.1, 0.15) is 0 Å². The van der Waals surface area contributed by atoms with Crippen LogP contribution in [0.2, 0.25) is 5.02 Å². The van der Waals surface area contributed by atoms with E-state index in [1.54, 1.807) is 31.2 Å². The highest BCUT2D eigenvalue weighted by atomic mass is 35.5. The summed E-state index contributed by atoms with van der Waals surface area (Å²) in [5.41, 5.74) is 0.988. The number of carbonyl (C=O) groups excluding carboxylic acids is 1. The second-order valence-electron chi connectivity index (χ2n) is 6.02. The Bertz CT molecular complexity index is 748. The second-order valence-corrected chi connectivity index (χ2v) is 6.81. The summed E-state index contributed by atoms with van der Waals surface area (Å²) >= 11 is 11.6. The number of thiocarbonyl (C=S) groups is 1. The molecule has 0 aliphatic carbocycles. The maximum atomic E-state index is 12.8. The molecule has 0 radical (unpaired) electrons. The van der Waals surface area contributed by atoms with Crippen LogP contribution < -0.4 is 5.32 Å². The maximum absolute atomic E-state index is 12.8. The average molecular weight is 382 g/mol. The van der Waals surface area contributed by atoms with Crippen molar-refractivity contribution in [3.63, 3.8) is 0 Å². The lowest BCUT2D eigenvalue weighted by molar-refractivity contribution is -0.134. The quantitative estimate of drug-likeness (QED) is 0.763. The van der Waals surface area contributed by atoms with E-state index in [-0.39, 0.29) is 23.0 Å². The first-order valence-corrected chi connectivity index (χ1v) is 8.49. The summed E-state index contributed by atoms with van der Waals surface area (Å²) in [5, 5.41) is 13.1. The molecule has 1 aliphatic heterocycles. The molecule has 1 aromatic rings. The van der Waals surface area contributed by atoms with Gasteiger partial charge in [0.05, 0.1) is 11.6 Å². The van der Waals surface area contributed by atoms with Crippen molar-refractivity contribution in [2.75, 3.05) is 20.6 Å². The Kier molecular flexibility index (Phi) is 6.16. The van der Waals surface area contributed by atoms with Crippen LogP contribution in [0.25, 0.3) is 0 Å². The zero-order chi connectivity index (χ0) is 18.7. The van der Waals surface area contributed by atoms with Gasteiger partial charge in [0.15, 0.2) is 5.11 Å². The number of nitrogens with zero attached hydrogens (tertiary/aromatic N) is 2. The lowest BCUT2D eigenvalue weighted by atomic mass is 9.93. The first-order valence-electron chi connectivity index (χ1n) is 7.70.